The van der Waals surface area contributed by atoms with Crippen molar-refractivity contribution in [3.05, 3.63) is 30.3 Å². The highest BCUT2D eigenvalue weighted by atomic mass is 32.2. The lowest BCUT2D eigenvalue weighted by atomic mass is 10.2. The van der Waals surface area contributed by atoms with E-state index in [1.165, 1.54) is 17.7 Å². The average Bonchev–Trinajstić information content (AvgIpc) is 2.31. The van der Waals surface area contributed by atoms with Crippen LogP contribution < -0.4 is 5.32 Å². The van der Waals surface area contributed by atoms with Gasteiger partial charge in [0.2, 0.25) is 0 Å². The van der Waals surface area contributed by atoms with Crippen LogP contribution in [0, 0.1) is 0 Å². The van der Waals surface area contributed by atoms with Crippen LogP contribution in [0.15, 0.2) is 35.2 Å². The summed E-state index contributed by atoms with van der Waals surface area (Å²) in [6.45, 7) is 7.87. The molecule has 0 aliphatic rings. The van der Waals surface area contributed by atoms with E-state index >= 15 is 0 Å². The first-order valence-corrected chi connectivity index (χ1v) is 7.09. The molecule has 0 aliphatic carbocycles. The molecule has 0 aliphatic heterocycles. The van der Waals surface area contributed by atoms with Gasteiger partial charge in [-0.2, -0.15) is 0 Å². The van der Waals surface area contributed by atoms with E-state index in [0.29, 0.717) is 11.3 Å². The number of hydrogen-bond donors (Lipinski definition) is 1. The monoisotopic (exact) mass is 237 g/mol. The maximum absolute atomic E-state index is 3.62. The maximum Gasteiger partial charge on any atom is 0.0191 e. The summed E-state index contributed by atoms with van der Waals surface area (Å²) < 4.78 is 0. The Morgan fingerprint density at radius 3 is 2.31 bits per heavy atom. The molecule has 0 aromatic heterocycles. The van der Waals surface area contributed by atoms with Gasteiger partial charge in [0, 0.05) is 22.7 Å². The van der Waals surface area contributed by atoms with Crippen LogP contribution in [0.25, 0.3) is 0 Å². The van der Waals surface area contributed by atoms with Gasteiger partial charge in [0.1, 0.15) is 0 Å². The van der Waals surface area contributed by atoms with Crippen molar-refractivity contribution in [1.29, 1.82) is 0 Å². The normalized spacial score (nSPS) is 13.0. The van der Waals surface area contributed by atoms with Crippen molar-refractivity contribution in [3.63, 3.8) is 0 Å². The number of nitrogens with one attached hydrogen (secondary N) is 1. The van der Waals surface area contributed by atoms with Crippen molar-refractivity contribution < 1.29 is 0 Å². The standard InChI is InChI=1S/C14H23NS/c1-4-13(5-2)15-11-12(3)16-14-9-7-6-8-10-14/h6-10,12-13,15H,4-5,11H2,1-3H3. The molecule has 0 bridgehead atoms. The molecular weight excluding hydrogens is 214 g/mol. The predicted octanol–water partition coefficient (Wildman–Crippen LogP) is 3.95. The van der Waals surface area contributed by atoms with E-state index in [2.05, 4.69) is 56.4 Å². The number of rotatable bonds is 7. The van der Waals surface area contributed by atoms with Crippen LogP contribution >= 0.6 is 11.8 Å². The summed E-state index contributed by atoms with van der Waals surface area (Å²) in [6.07, 6.45) is 2.44. The second-order valence-corrected chi connectivity index (χ2v) is 5.68. The Morgan fingerprint density at radius 1 is 1.12 bits per heavy atom. The fraction of sp³-hybridized carbons (Fsp3) is 0.571. The van der Waals surface area contributed by atoms with Gasteiger partial charge >= 0.3 is 0 Å². The van der Waals surface area contributed by atoms with Crippen LogP contribution in [0.3, 0.4) is 0 Å². The van der Waals surface area contributed by atoms with E-state index in [-0.39, 0.29) is 0 Å². The molecule has 90 valence electrons. The largest absolute Gasteiger partial charge is 0.313 e. The van der Waals surface area contributed by atoms with Gasteiger partial charge < -0.3 is 5.32 Å². The summed E-state index contributed by atoms with van der Waals surface area (Å²) >= 11 is 1.94. The molecule has 16 heavy (non-hydrogen) atoms. The van der Waals surface area contributed by atoms with E-state index in [4.69, 9.17) is 0 Å². The van der Waals surface area contributed by atoms with E-state index in [1.54, 1.807) is 0 Å². The zero-order chi connectivity index (χ0) is 11.8. The molecule has 1 unspecified atom stereocenters. The van der Waals surface area contributed by atoms with Crippen LogP contribution in [-0.4, -0.2) is 17.8 Å². The van der Waals surface area contributed by atoms with E-state index in [1.807, 2.05) is 11.8 Å². The summed E-state index contributed by atoms with van der Waals surface area (Å²) in [5.74, 6) is 0. The smallest absolute Gasteiger partial charge is 0.0191 e. The Morgan fingerprint density at radius 2 is 1.75 bits per heavy atom. The number of hydrogen-bond acceptors (Lipinski definition) is 2. The van der Waals surface area contributed by atoms with Crippen LogP contribution in [-0.2, 0) is 0 Å². The molecule has 1 aromatic carbocycles. The number of benzene rings is 1. The third-order valence-corrected chi connectivity index (χ3v) is 3.87. The molecule has 0 radical (unpaired) electrons. The summed E-state index contributed by atoms with van der Waals surface area (Å²) in [5, 5.41) is 4.25. The highest BCUT2D eigenvalue weighted by Gasteiger charge is 2.07. The van der Waals surface area contributed by atoms with Crippen LogP contribution in [0.4, 0.5) is 0 Å². The maximum atomic E-state index is 3.62. The fourth-order valence-corrected chi connectivity index (χ4v) is 2.64. The van der Waals surface area contributed by atoms with Gasteiger partial charge in [-0.15, -0.1) is 11.8 Å². The van der Waals surface area contributed by atoms with Gasteiger partial charge in [-0.3, -0.25) is 0 Å². The predicted molar refractivity (Wildman–Crippen MR) is 74.1 cm³/mol. The molecule has 1 N–H and O–H groups in total. The second kappa shape index (κ2) is 7.75. The summed E-state index contributed by atoms with van der Waals surface area (Å²) in [5.41, 5.74) is 0. The molecule has 1 nitrogen and oxygen atoms in total. The summed E-state index contributed by atoms with van der Waals surface area (Å²) in [4.78, 5) is 1.36. The quantitative estimate of drug-likeness (QED) is 0.721. The molecule has 0 heterocycles. The fourth-order valence-electron chi connectivity index (χ4n) is 1.68. The minimum atomic E-state index is 0.628. The highest BCUT2D eigenvalue weighted by molar-refractivity contribution is 8.00. The van der Waals surface area contributed by atoms with Crippen molar-refractivity contribution in [3.8, 4) is 0 Å². The number of thioether (sulfide) groups is 1. The van der Waals surface area contributed by atoms with Crippen LogP contribution in [0.5, 0.6) is 0 Å². The molecule has 0 spiro atoms. The third-order valence-electron chi connectivity index (χ3n) is 2.76. The average molecular weight is 237 g/mol. The first-order chi connectivity index (χ1) is 7.76. The van der Waals surface area contributed by atoms with Gasteiger partial charge in [-0.1, -0.05) is 39.0 Å². The molecule has 0 amide bonds. The lowest BCUT2D eigenvalue weighted by Crippen LogP contribution is -2.32. The minimum Gasteiger partial charge on any atom is -0.313 e. The molecule has 0 saturated carbocycles. The van der Waals surface area contributed by atoms with Crippen molar-refractivity contribution >= 4 is 11.8 Å². The Bertz CT molecular complexity index is 269. The first-order valence-electron chi connectivity index (χ1n) is 6.21. The molecule has 1 atom stereocenters. The Balaban J connectivity index is 2.28. The summed E-state index contributed by atoms with van der Waals surface area (Å²) in [7, 11) is 0. The Hall–Kier alpha value is -0.470. The molecule has 2 heteroatoms. The van der Waals surface area contributed by atoms with Crippen molar-refractivity contribution in [2.75, 3.05) is 6.54 Å². The van der Waals surface area contributed by atoms with Gasteiger partial charge in [-0.05, 0) is 25.0 Å². The molecular formula is C14H23NS. The van der Waals surface area contributed by atoms with Gasteiger partial charge in [-0.25, -0.2) is 0 Å². The van der Waals surface area contributed by atoms with Gasteiger partial charge in [0.25, 0.3) is 0 Å². The minimum absolute atomic E-state index is 0.628. The van der Waals surface area contributed by atoms with Crippen molar-refractivity contribution in [2.45, 2.75) is 49.8 Å². The molecule has 1 rings (SSSR count). The molecule has 1 aromatic rings. The van der Waals surface area contributed by atoms with Gasteiger partial charge in [0.15, 0.2) is 0 Å². The highest BCUT2D eigenvalue weighted by Crippen LogP contribution is 2.22. The van der Waals surface area contributed by atoms with Crippen LogP contribution in [0.2, 0.25) is 0 Å². The molecule has 0 fully saturated rings. The Labute approximate surface area is 104 Å². The second-order valence-electron chi connectivity index (χ2n) is 4.16. The zero-order valence-corrected chi connectivity index (χ0v) is 11.4. The zero-order valence-electron chi connectivity index (χ0n) is 10.6. The lowest BCUT2D eigenvalue weighted by Gasteiger charge is -2.18. The molecule has 0 saturated heterocycles. The lowest BCUT2D eigenvalue weighted by molar-refractivity contribution is 0.488. The third kappa shape index (κ3) is 5.04. The van der Waals surface area contributed by atoms with E-state index in [0.717, 1.165) is 6.54 Å². The SMILES string of the molecule is CCC(CC)NCC(C)Sc1ccccc1. The Kier molecular flexibility index (Phi) is 6.58. The van der Waals surface area contributed by atoms with E-state index < -0.39 is 0 Å². The first kappa shape index (κ1) is 13.6. The van der Waals surface area contributed by atoms with Gasteiger partial charge in [0.05, 0.1) is 0 Å². The van der Waals surface area contributed by atoms with E-state index in [9.17, 15) is 0 Å². The summed E-state index contributed by atoms with van der Waals surface area (Å²) in [6, 6.07) is 11.3. The topological polar surface area (TPSA) is 12.0 Å². The van der Waals surface area contributed by atoms with Crippen molar-refractivity contribution in [2.24, 2.45) is 0 Å². The van der Waals surface area contributed by atoms with Crippen LogP contribution in [0.1, 0.15) is 33.6 Å². The van der Waals surface area contributed by atoms with Crippen molar-refractivity contribution in [1.82, 2.24) is 5.32 Å².